The van der Waals surface area contributed by atoms with Gasteiger partial charge in [0.15, 0.2) is 0 Å². The summed E-state index contributed by atoms with van der Waals surface area (Å²) in [5.74, 6) is -1.34. The largest absolute Gasteiger partial charge is 0.444 e. The van der Waals surface area contributed by atoms with Crippen LogP contribution in [0.25, 0.3) is 0 Å². The van der Waals surface area contributed by atoms with E-state index in [0.29, 0.717) is 24.2 Å². The first-order valence-electron chi connectivity index (χ1n) is 10.3. The number of hydrogen-bond donors (Lipinski definition) is 0. The van der Waals surface area contributed by atoms with Crippen molar-refractivity contribution in [3.05, 3.63) is 71.0 Å². The molecule has 1 fully saturated rings. The predicted octanol–water partition coefficient (Wildman–Crippen LogP) is 4.07. The van der Waals surface area contributed by atoms with E-state index in [1.54, 1.807) is 62.1 Å². The van der Waals surface area contributed by atoms with Crippen molar-refractivity contribution in [3.8, 4) is 0 Å². The van der Waals surface area contributed by atoms with E-state index in [2.05, 4.69) is 0 Å². The molecule has 0 radical (unpaired) electrons. The molecular weight excluding hydrogens is 399 g/mol. The molecular formula is C24H25FN2O4. The molecule has 6 nitrogen and oxygen atoms in total. The van der Waals surface area contributed by atoms with E-state index in [0.717, 1.165) is 5.56 Å². The molecule has 2 heterocycles. The van der Waals surface area contributed by atoms with Crippen LogP contribution in [0.5, 0.6) is 0 Å². The maximum absolute atomic E-state index is 13.5. The number of ether oxygens (including phenoxy) is 1. The number of imide groups is 1. The van der Waals surface area contributed by atoms with Gasteiger partial charge in [0.25, 0.3) is 11.8 Å². The lowest BCUT2D eigenvalue weighted by atomic mass is 9.88. The van der Waals surface area contributed by atoms with Gasteiger partial charge in [0.2, 0.25) is 0 Å². The van der Waals surface area contributed by atoms with Crippen LogP contribution in [0.4, 0.5) is 9.18 Å². The van der Waals surface area contributed by atoms with E-state index < -0.39 is 11.7 Å². The summed E-state index contributed by atoms with van der Waals surface area (Å²) in [7, 11) is 0. The molecule has 1 saturated heterocycles. The molecule has 3 amide bonds. The van der Waals surface area contributed by atoms with Gasteiger partial charge in [0, 0.05) is 31.5 Å². The number of likely N-dealkylation sites (tertiary alicyclic amines) is 1. The Bertz CT molecular complexity index is 994. The van der Waals surface area contributed by atoms with Gasteiger partial charge in [-0.2, -0.15) is 0 Å². The Kier molecular flexibility index (Phi) is 5.29. The number of rotatable bonds is 3. The van der Waals surface area contributed by atoms with Gasteiger partial charge in [-0.25, -0.2) is 9.18 Å². The Hall–Kier alpha value is -3.22. The highest BCUT2D eigenvalue weighted by Gasteiger charge is 2.43. The van der Waals surface area contributed by atoms with Crippen LogP contribution in [-0.4, -0.2) is 52.9 Å². The topological polar surface area (TPSA) is 66.9 Å². The first-order valence-corrected chi connectivity index (χ1v) is 10.3. The van der Waals surface area contributed by atoms with Crippen LogP contribution in [0.1, 0.15) is 53.0 Å². The van der Waals surface area contributed by atoms with Crippen LogP contribution >= 0.6 is 0 Å². The van der Waals surface area contributed by atoms with Crippen molar-refractivity contribution >= 4 is 17.9 Å². The van der Waals surface area contributed by atoms with Crippen molar-refractivity contribution < 1.29 is 23.5 Å². The van der Waals surface area contributed by atoms with Gasteiger partial charge >= 0.3 is 6.09 Å². The molecule has 0 saturated carbocycles. The second-order valence-corrected chi connectivity index (χ2v) is 9.07. The maximum Gasteiger partial charge on any atom is 0.410 e. The van der Waals surface area contributed by atoms with E-state index in [4.69, 9.17) is 4.74 Å². The zero-order chi connectivity index (χ0) is 22.3. The average Bonchev–Trinajstić information content (AvgIpc) is 3.23. The van der Waals surface area contributed by atoms with Crippen LogP contribution in [0.15, 0.2) is 48.5 Å². The molecule has 2 aromatic rings. The molecule has 7 heteroatoms. The lowest BCUT2D eigenvalue weighted by Crippen LogP contribution is -2.38. The number of hydrogen-bond acceptors (Lipinski definition) is 4. The molecule has 162 valence electrons. The third kappa shape index (κ3) is 4.17. The fourth-order valence-electron chi connectivity index (χ4n) is 4.26. The van der Waals surface area contributed by atoms with Crippen LogP contribution < -0.4 is 0 Å². The highest BCUT2D eigenvalue weighted by atomic mass is 19.1. The lowest BCUT2D eigenvalue weighted by Gasteiger charge is -2.24. The molecule has 2 aliphatic heterocycles. The van der Waals surface area contributed by atoms with Crippen LogP contribution in [-0.2, 0) is 4.74 Å². The second kappa shape index (κ2) is 7.80. The van der Waals surface area contributed by atoms with Crippen LogP contribution in [0.3, 0.4) is 0 Å². The van der Waals surface area contributed by atoms with Crippen LogP contribution in [0, 0.1) is 11.7 Å². The molecule has 0 spiro atoms. The Balaban J connectivity index is 1.59. The van der Waals surface area contributed by atoms with E-state index in [1.807, 2.05) is 0 Å². The first-order chi connectivity index (χ1) is 14.6. The molecule has 0 bridgehead atoms. The van der Waals surface area contributed by atoms with Crippen molar-refractivity contribution in [3.63, 3.8) is 0 Å². The average molecular weight is 424 g/mol. The Morgan fingerprint density at radius 3 is 2.13 bits per heavy atom. The molecule has 0 unspecified atom stereocenters. The van der Waals surface area contributed by atoms with E-state index in [9.17, 15) is 18.8 Å². The summed E-state index contributed by atoms with van der Waals surface area (Å²) < 4.78 is 19.0. The number of carbonyl (C=O) groups excluding carboxylic acids is 3. The molecule has 31 heavy (non-hydrogen) atoms. The number of nitrogens with zero attached hydrogens (tertiary/aromatic N) is 2. The number of halogens is 1. The molecule has 0 N–H and O–H groups in total. The normalized spacial score (nSPS) is 20.9. The SMILES string of the molecule is CC(C)(C)OC(=O)N1C[C@@H](CN2C(=O)c3ccccc3C2=O)[C@H](c2ccc(F)cc2)C1. The maximum atomic E-state index is 13.5. The lowest BCUT2D eigenvalue weighted by molar-refractivity contribution is 0.0285. The smallest absolute Gasteiger partial charge is 0.410 e. The van der Waals surface area contributed by atoms with Crippen molar-refractivity contribution in [2.24, 2.45) is 5.92 Å². The predicted molar refractivity (Wildman–Crippen MR) is 112 cm³/mol. The highest BCUT2D eigenvalue weighted by Crippen LogP contribution is 2.36. The van der Waals surface area contributed by atoms with Crippen molar-refractivity contribution in [2.45, 2.75) is 32.3 Å². The van der Waals surface area contributed by atoms with Crippen molar-refractivity contribution in [2.75, 3.05) is 19.6 Å². The summed E-state index contributed by atoms with van der Waals surface area (Å²) in [5, 5.41) is 0. The van der Waals surface area contributed by atoms with Gasteiger partial charge in [0.1, 0.15) is 11.4 Å². The summed E-state index contributed by atoms with van der Waals surface area (Å²) in [6.45, 7) is 6.28. The summed E-state index contributed by atoms with van der Waals surface area (Å²) in [5.41, 5.74) is 1.01. The fourth-order valence-corrected chi connectivity index (χ4v) is 4.26. The molecule has 2 atom stereocenters. The summed E-state index contributed by atoms with van der Waals surface area (Å²) in [4.78, 5) is 41.2. The fraction of sp³-hybridized carbons (Fsp3) is 0.375. The number of benzene rings is 2. The van der Waals surface area contributed by atoms with E-state index in [1.165, 1.54) is 17.0 Å². The summed E-state index contributed by atoms with van der Waals surface area (Å²) >= 11 is 0. The zero-order valence-electron chi connectivity index (χ0n) is 17.8. The minimum Gasteiger partial charge on any atom is -0.444 e. The highest BCUT2D eigenvalue weighted by molar-refractivity contribution is 6.21. The van der Waals surface area contributed by atoms with Gasteiger partial charge in [-0.15, -0.1) is 0 Å². The Labute approximate surface area is 180 Å². The van der Waals surface area contributed by atoms with Crippen LogP contribution in [0.2, 0.25) is 0 Å². The van der Waals surface area contributed by atoms with Gasteiger partial charge in [-0.1, -0.05) is 24.3 Å². The third-order valence-corrected chi connectivity index (χ3v) is 5.69. The van der Waals surface area contributed by atoms with Gasteiger partial charge in [-0.05, 0) is 50.6 Å². The molecule has 0 aliphatic carbocycles. The second-order valence-electron chi connectivity index (χ2n) is 9.07. The van der Waals surface area contributed by atoms with E-state index >= 15 is 0 Å². The molecule has 2 aromatic carbocycles. The molecule has 4 rings (SSSR count). The standard InChI is InChI=1S/C24H25FN2O4/c1-24(2,3)31-23(30)26-12-16(20(14-26)15-8-10-17(25)11-9-15)13-27-21(28)18-6-4-5-7-19(18)22(27)29/h4-11,16,20H,12-14H2,1-3H3/t16-,20-/m0/s1. The number of fused-ring (bicyclic) bond motifs is 1. The van der Waals surface area contributed by atoms with E-state index in [-0.39, 0.29) is 36.0 Å². The van der Waals surface area contributed by atoms with Crippen molar-refractivity contribution in [1.29, 1.82) is 0 Å². The summed E-state index contributed by atoms with van der Waals surface area (Å²) in [6.07, 6.45) is -0.440. The van der Waals surface area contributed by atoms with Crippen molar-refractivity contribution in [1.82, 2.24) is 9.80 Å². The minimum absolute atomic E-state index is 0.155. The minimum atomic E-state index is -0.636. The monoisotopic (exact) mass is 424 g/mol. The summed E-state index contributed by atoms with van der Waals surface area (Å²) in [6, 6.07) is 12.9. The van der Waals surface area contributed by atoms with Gasteiger partial charge in [0.05, 0.1) is 11.1 Å². The van der Waals surface area contributed by atoms with Gasteiger partial charge < -0.3 is 9.64 Å². The first kappa shape index (κ1) is 21.0. The Morgan fingerprint density at radius 1 is 1.00 bits per heavy atom. The quantitative estimate of drug-likeness (QED) is 0.697. The number of amides is 3. The molecule has 0 aromatic heterocycles. The third-order valence-electron chi connectivity index (χ3n) is 5.69. The Morgan fingerprint density at radius 2 is 1.58 bits per heavy atom. The van der Waals surface area contributed by atoms with Gasteiger partial charge in [-0.3, -0.25) is 14.5 Å². The zero-order valence-corrected chi connectivity index (χ0v) is 17.8. The molecule has 2 aliphatic rings. The number of carbonyl (C=O) groups is 3.